The van der Waals surface area contributed by atoms with Crippen molar-refractivity contribution in [3.8, 4) is 0 Å². The topological polar surface area (TPSA) is 92.4 Å². The summed E-state index contributed by atoms with van der Waals surface area (Å²) in [6.07, 6.45) is 3.37. The normalized spacial score (nSPS) is 17.2. The first kappa shape index (κ1) is 15.9. The molecule has 5 nitrogen and oxygen atoms in total. The number of halogens is 2. The largest absolute Gasteiger partial charge is 0.480 e. The molecule has 1 saturated carbocycles. The number of carboxylic acid groups (broad SMARTS) is 1. The highest BCUT2D eigenvalue weighted by Crippen LogP contribution is 2.31. The fraction of sp³-hybridized carbons (Fsp3) is 0.429. The van der Waals surface area contributed by atoms with Crippen molar-refractivity contribution in [3.05, 3.63) is 27.7 Å². The Morgan fingerprint density at radius 3 is 2.14 bits per heavy atom. The van der Waals surface area contributed by atoms with E-state index in [0.29, 0.717) is 12.8 Å². The van der Waals surface area contributed by atoms with Gasteiger partial charge in [0.05, 0.1) is 15.7 Å². The second kappa shape index (κ2) is 6.12. The number of aliphatic carboxylic acids is 1. The molecular weight excluding hydrogens is 315 g/mol. The van der Waals surface area contributed by atoms with E-state index in [0.717, 1.165) is 19.3 Å². The molecule has 21 heavy (non-hydrogen) atoms. The average molecular weight is 331 g/mol. The van der Waals surface area contributed by atoms with Gasteiger partial charge in [-0.3, -0.25) is 4.79 Å². The van der Waals surface area contributed by atoms with Crippen molar-refractivity contribution in [2.75, 3.05) is 5.73 Å². The summed E-state index contributed by atoms with van der Waals surface area (Å²) >= 11 is 11.8. The Morgan fingerprint density at radius 2 is 1.67 bits per heavy atom. The van der Waals surface area contributed by atoms with Crippen molar-refractivity contribution in [3.63, 3.8) is 0 Å². The Kier molecular flexibility index (Phi) is 4.64. The zero-order chi connectivity index (χ0) is 15.6. The predicted octanol–water partition coefficient (Wildman–Crippen LogP) is 3.09. The van der Waals surface area contributed by atoms with Crippen molar-refractivity contribution in [2.45, 2.75) is 37.6 Å². The Bertz CT molecular complexity index is 561. The molecule has 0 radical (unpaired) electrons. The molecule has 0 spiro atoms. The molecule has 0 aliphatic heterocycles. The van der Waals surface area contributed by atoms with Gasteiger partial charge in [0.2, 0.25) is 0 Å². The molecular formula is C14H16Cl2N2O3. The van der Waals surface area contributed by atoms with E-state index < -0.39 is 17.4 Å². The molecule has 0 heterocycles. The molecule has 114 valence electrons. The molecule has 0 atom stereocenters. The predicted molar refractivity (Wildman–Crippen MR) is 81.8 cm³/mol. The number of hydrogen-bond acceptors (Lipinski definition) is 3. The van der Waals surface area contributed by atoms with E-state index in [1.54, 1.807) is 0 Å². The van der Waals surface area contributed by atoms with Crippen molar-refractivity contribution >= 4 is 40.8 Å². The molecule has 2 rings (SSSR count). The highest BCUT2D eigenvalue weighted by Gasteiger charge is 2.41. The van der Waals surface area contributed by atoms with Crippen LogP contribution in [0.1, 0.15) is 42.5 Å². The third-order valence-corrected chi connectivity index (χ3v) is 4.44. The Labute approximate surface area is 132 Å². The van der Waals surface area contributed by atoms with E-state index in [9.17, 15) is 14.7 Å². The zero-order valence-electron chi connectivity index (χ0n) is 11.3. The number of amides is 1. The number of carbonyl (C=O) groups excluding carboxylic acids is 1. The quantitative estimate of drug-likeness (QED) is 0.742. The number of rotatable bonds is 3. The second-order valence-electron chi connectivity index (χ2n) is 5.26. The molecule has 0 aromatic heterocycles. The van der Waals surface area contributed by atoms with Crippen molar-refractivity contribution in [1.29, 1.82) is 0 Å². The van der Waals surface area contributed by atoms with E-state index in [-0.39, 0.29) is 21.3 Å². The third kappa shape index (κ3) is 3.24. The maximum Gasteiger partial charge on any atom is 0.329 e. The van der Waals surface area contributed by atoms with Gasteiger partial charge in [-0.1, -0.05) is 42.5 Å². The first-order valence-corrected chi connectivity index (χ1v) is 7.42. The minimum atomic E-state index is -1.21. The lowest BCUT2D eigenvalue weighted by atomic mass is 9.81. The number of nitrogens with one attached hydrogen (secondary N) is 1. The van der Waals surface area contributed by atoms with Crippen LogP contribution in [-0.2, 0) is 4.79 Å². The molecule has 0 saturated heterocycles. The van der Waals surface area contributed by atoms with Crippen LogP contribution >= 0.6 is 23.2 Å². The monoisotopic (exact) mass is 330 g/mol. The highest BCUT2D eigenvalue weighted by atomic mass is 35.5. The standard InChI is InChI=1S/C14H16Cl2N2O3/c15-9-6-8(7-10(16)11(9)17)12(19)18-14(13(20)21)4-2-1-3-5-14/h6-7H,1-5,17H2,(H,18,19)(H,20,21). The average Bonchev–Trinajstić information content (AvgIpc) is 2.45. The van der Waals surface area contributed by atoms with Gasteiger partial charge in [0.1, 0.15) is 5.54 Å². The van der Waals surface area contributed by atoms with Crippen molar-refractivity contribution < 1.29 is 14.7 Å². The molecule has 0 bridgehead atoms. The molecule has 1 aliphatic rings. The smallest absolute Gasteiger partial charge is 0.329 e. The van der Waals surface area contributed by atoms with Gasteiger partial charge in [-0.25, -0.2) is 4.79 Å². The van der Waals surface area contributed by atoms with Gasteiger partial charge in [0, 0.05) is 5.56 Å². The summed E-state index contributed by atoms with van der Waals surface area (Å²) in [6, 6.07) is 2.77. The number of carboxylic acids is 1. The summed E-state index contributed by atoms with van der Waals surface area (Å²) in [6.45, 7) is 0. The van der Waals surface area contributed by atoms with E-state index in [4.69, 9.17) is 28.9 Å². The molecule has 1 aromatic carbocycles. The van der Waals surface area contributed by atoms with Gasteiger partial charge in [0.25, 0.3) is 5.91 Å². The van der Waals surface area contributed by atoms with Crippen LogP contribution in [0.15, 0.2) is 12.1 Å². The Balaban J connectivity index is 2.25. The number of benzene rings is 1. The van der Waals surface area contributed by atoms with E-state index in [2.05, 4.69) is 5.32 Å². The maximum absolute atomic E-state index is 12.3. The van der Waals surface area contributed by atoms with Crippen LogP contribution in [-0.4, -0.2) is 22.5 Å². The van der Waals surface area contributed by atoms with Gasteiger partial charge in [-0.15, -0.1) is 0 Å². The first-order valence-electron chi connectivity index (χ1n) is 6.66. The molecule has 4 N–H and O–H groups in total. The lowest BCUT2D eigenvalue weighted by Crippen LogP contribution is -2.55. The van der Waals surface area contributed by atoms with Gasteiger partial charge < -0.3 is 16.2 Å². The zero-order valence-corrected chi connectivity index (χ0v) is 12.8. The molecule has 1 fully saturated rings. The third-order valence-electron chi connectivity index (χ3n) is 3.81. The number of nitrogen functional groups attached to an aromatic ring is 1. The van der Waals surface area contributed by atoms with Crippen LogP contribution in [0.5, 0.6) is 0 Å². The summed E-state index contributed by atoms with van der Waals surface area (Å²) < 4.78 is 0. The van der Waals surface area contributed by atoms with Crippen LogP contribution in [0, 0.1) is 0 Å². The first-order chi connectivity index (χ1) is 9.85. The SMILES string of the molecule is Nc1c(Cl)cc(C(=O)NC2(C(=O)O)CCCCC2)cc1Cl. The number of nitrogens with two attached hydrogens (primary N) is 1. The number of anilines is 1. The summed E-state index contributed by atoms with van der Waals surface area (Å²) in [5, 5.41) is 12.4. The lowest BCUT2D eigenvalue weighted by molar-refractivity contribution is -0.145. The summed E-state index contributed by atoms with van der Waals surface area (Å²) in [5.41, 5.74) is 4.80. The van der Waals surface area contributed by atoms with Crippen LogP contribution in [0.3, 0.4) is 0 Å². The van der Waals surface area contributed by atoms with Crippen LogP contribution < -0.4 is 11.1 Å². The van der Waals surface area contributed by atoms with Gasteiger partial charge in [-0.2, -0.15) is 0 Å². The number of hydrogen-bond donors (Lipinski definition) is 3. The molecule has 1 amide bonds. The fourth-order valence-electron chi connectivity index (χ4n) is 2.55. The molecule has 1 aliphatic carbocycles. The van der Waals surface area contributed by atoms with Gasteiger partial charge in [0.15, 0.2) is 0 Å². The van der Waals surface area contributed by atoms with E-state index in [1.807, 2.05) is 0 Å². The molecule has 0 unspecified atom stereocenters. The van der Waals surface area contributed by atoms with Crippen molar-refractivity contribution in [1.82, 2.24) is 5.32 Å². The minimum Gasteiger partial charge on any atom is -0.480 e. The maximum atomic E-state index is 12.3. The molecule has 7 heteroatoms. The van der Waals surface area contributed by atoms with E-state index >= 15 is 0 Å². The second-order valence-corrected chi connectivity index (χ2v) is 6.07. The Morgan fingerprint density at radius 1 is 1.14 bits per heavy atom. The van der Waals surface area contributed by atoms with Gasteiger partial charge in [-0.05, 0) is 25.0 Å². The van der Waals surface area contributed by atoms with Crippen LogP contribution in [0.2, 0.25) is 10.0 Å². The van der Waals surface area contributed by atoms with E-state index in [1.165, 1.54) is 12.1 Å². The number of carbonyl (C=O) groups is 2. The van der Waals surface area contributed by atoms with Crippen LogP contribution in [0.25, 0.3) is 0 Å². The summed E-state index contributed by atoms with van der Waals surface area (Å²) in [5.74, 6) is -1.52. The van der Waals surface area contributed by atoms with Gasteiger partial charge >= 0.3 is 5.97 Å². The minimum absolute atomic E-state index is 0.167. The summed E-state index contributed by atoms with van der Waals surface area (Å²) in [7, 11) is 0. The molecule has 1 aromatic rings. The highest BCUT2D eigenvalue weighted by molar-refractivity contribution is 6.39. The summed E-state index contributed by atoms with van der Waals surface area (Å²) in [4.78, 5) is 23.9. The fourth-order valence-corrected chi connectivity index (χ4v) is 3.04. The lowest BCUT2D eigenvalue weighted by Gasteiger charge is -2.34. The van der Waals surface area contributed by atoms with Crippen LogP contribution in [0.4, 0.5) is 5.69 Å². The Hall–Kier alpha value is -1.46. The van der Waals surface area contributed by atoms with Crippen molar-refractivity contribution in [2.24, 2.45) is 0 Å².